The monoisotopic (exact) mass is 299 g/mol. The van der Waals surface area contributed by atoms with Crippen molar-refractivity contribution >= 4 is 17.2 Å². The summed E-state index contributed by atoms with van der Waals surface area (Å²) in [6.45, 7) is 5.39. The minimum absolute atomic E-state index is 0.261. The third-order valence-corrected chi connectivity index (χ3v) is 4.17. The number of thiophene rings is 1. The normalized spacial score (nSPS) is 13.2. The Bertz CT molecular complexity index is 688. The average Bonchev–Trinajstić information content (AvgIpc) is 3.01. The van der Waals surface area contributed by atoms with E-state index in [2.05, 4.69) is 16.4 Å². The number of rotatable bonds is 4. The first kappa shape index (κ1) is 15.2. The van der Waals surface area contributed by atoms with E-state index in [-0.39, 0.29) is 5.91 Å². The van der Waals surface area contributed by atoms with Crippen LogP contribution in [0.4, 0.5) is 0 Å². The first-order chi connectivity index (χ1) is 9.99. The molecule has 0 aromatic carbocycles. The Morgan fingerprint density at radius 2 is 2.24 bits per heavy atom. The van der Waals surface area contributed by atoms with E-state index in [0.717, 1.165) is 11.3 Å². The third kappa shape index (κ3) is 3.29. The average molecular weight is 299 g/mol. The first-order valence-electron chi connectivity index (χ1n) is 6.73. The zero-order chi connectivity index (χ0) is 15.5. The molecule has 4 nitrogen and oxygen atoms in total. The highest BCUT2D eigenvalue weighted by Gasteiger charge is 2.25. The van der Waals surface area contributed by atoms with Crippen LogP contribution in [0.15, 0.2) is 29.0 Å². The summed E-state index contributed by atoms with van der Waals surface area (Å²) in [5.41, 5.74) is 2.21. The lowest BCUT2D eigenvalue weighted by Crippen LogP contribution is -2.44. The van der Waals surface area contributed by atoms with E-state index in [0.29, 0.717) is 17.7 Å². The Labute approximate surface area is 128 Å². The van der Waals surface area contributed by atoms with Crippen molar-refractivity contribution in [3.63, 3.8) is 0 Å². The molecule has 5 heteroatoms. The van der Waals surface area contributed by atoms with Crippen molar-refractivity contribution in [1.82, 2.24) is 10.3 Å². The second-order valence-corrected chi connectivity index (χ2v) is 5.87. The minimum atomic E-state index is -0.852. The molecular weight excluding hydrogens is 282 g/mol. The fourth-order valence-corrected chi connectivity index (χ4v) is 2.53. The van der Waals surface area contributed by atoms with Crippen LogP contribution in [0, 0.1) is 18.3 Å². The van der Waals surface area contributed by atoms with Crippen LogP contribution in [-0.2, 0) is 0 Å². The lowest BCUT2D eigenvalue weighted by molar-refractivity contribution is 0.0922. The number of aromatic nitrogens is 1. The molecule has 2 aromatic rings. The molecule has 0 saturated carbocycles. The fraction of sp³-hybridized carbons (Fsp3) is 0.312. The second-order valence-electron chi connectivity index (χ2n) is 5.09. The Kier molecular flexibility index (Phi) is 4.39. The highest BCUT2D eigenvalue weighted by Crippen LogP contribution is 2.21. The summed E-state index contributed by atoms with van der Waals surface area (Å²) in [5, 5.41) is 15.9. The number of nitrogens with one attached hydrogen (secondary N) is 1. The molecule has 2 rings (SSSR count). The molecule has 21 heavy (non-hydrogen) atoms. The molecule has 0 unspecified atom stereocenters. The third-order valence-electron chi connectivity index (χ3n) is 3.49. The van der Waals surface area contributed by atoms with E-state index >= 15 is 0 Å². The minimum Gasteiger partial charge on any atom is -0.334 e. The maximum absolute atomic E-state index is 12.3. The van der Waals surface area contributed by atoms with Gasteiger partial charge in [-0.15, -0.1) is 0 Å². The van der Waals surface area contributed by atoms with Gasteiger partial charge in [-0.25, -0.2) is 0 Å². The Morgan fingerprint density at radius 3 is 2.76 bits per heavy atom. The maximum atomic E-state index is 12.3. The van der Waals surface area contributed by atoms with Crippen LogP contribution in [0.5, 0.6) is 0 Å². The van der Waals surface area contributed by atoms with Crippen molar-refractivity contribution in [3.05, 3.63) is 40.2 Å². The molecule has 0 bridgehead atoms. The van der Waals surface area contributed by atoms with Crippen molar-refractivity contribution in [2.75, 3.05) is 0 Å². The SMILES string of the molecule is CC[C@](C)(C#N)NC(=O)c1ccc(-c2ccsc2)nc1C. The lowest BCUT2D eigenvalue weighted by Gasteiger charge is -2.21. The number of carbonyl (C=O) groups excluding carboxylic acids is 1. The second kappa shape index (κ2) is 6.06. The molecule has 2 heterocycles. The molecule has 0 fully saturated rings. The molecule has 108 valence electrons. The van der Waals surface area contributed by atoms with Crippen molar-refractivity contribution in [1.29, 1.82) is 5.26 Å². The van der Waals surface area contributed by atoms with E-state index in [1.165, 1.54) is 0 Å². The van der Waals surface area contributed by atoms with Crippen LogP contribution in [0.25, 0.3) is 11.3 Å². The van der Waals surface area contributed by atoms with Gasteiger partial charge in [-0.2, -0.15) is 16.6 Å². The van der Waals surface area contributed by atoms with Crippen LogP contribution >= 0.6 is 11.3 Å². The van der Waals surface area contributed by atoms with Gasteiger partial charge in [0.25, 0.3) is 5.91 Å². The summed E-state index contributed by atoms with van der Waals surface area (Å²) < 4.78 is 0. The number of hydrogen-bond donors (Lipinski definition) is 1. The fourth-order valence-electron chi connectivity index (χ4n) is 1.89. The zero-order valence-electron chi connectivity index (χ0n) is 12.3. The van der Waals surface area contributed by atoms with Crippen LogP contribution in [0.2, 0.25) is 0 Å². The summed E-state index contributed by atoms with van der Waals surface area (Å²) in [5.74, 6) is -0.261. The number of amides is 1. The van der Waals surface area contributed by atoms with E-state index in [9.17, 15) is 4.79 Å². The van der Waals surface area contributed by atoms with Crippen LogP contribution in [0.1, 0.15) is 36.3 Å². The molecule has 0 saturated heterocycles. The quantitative estimate of drug-likeness (QED) is 0.939. The standard InChI is InChI=1S/C16H17N3OS/c1-4-16(3,10-17)19-15(20)13-5-6-14(18-11(13)2)12-7-8-21-9-12/h5-9H,4H2,1-3H3,(H,19,20)/t16-/m1/s1. The molecule has 0 aliphatic heterocycles. The number of aryl methyl sites for hydroxylation is 1. The van der Waals surface area contributed by atoms with E-state index in [4.69, 9.17) is 5.26 Å². The van der Waals surface area contributed by atoms with Gasteiger partial charge in [-0.05, 0) is 43.8 Å². The lowest BCUT2D eigenvalue weighted by atomic mass is 10.00. The predicted molar refractivity (Wildman–Crippen MR) is 84.1 cm³/mol. The molecule has 1 amide bonds. The summed E-state index contributed by atoms with van der Waals surface area (Å²) in [7, 11) is 0. The number of carbonyl (C=O) groups is 1. The van der Waals surface area contributed by atoms with E-state index < -0.39 is 5.54 Å². The number of nitrogens with zero attached hydrogens (tertiary/aromatic N) is 2. The van der Waals surface area contributed by atoms with Gasteiger partial charge in [0.05, 0.1) is 23.0 Å². The molecule has 2 aromatic heterocycles. The molecule has 0 aliphatic rings. The van der Waals surface area contributed by atoms with Gasteiger partial charge in [0.1, 0.15) is 5.54 Å². The largest absolute Gasteiger partial charge is 0.334 e. The van der Waals surface area contributed by atoms with Gasteiger partial charge >= 0.3 is 0 Å². The maximum Gasteiger partial charge on any atom is 0.254 e. The Morgan fingerprint density at radius 1 is 1.48 bits per heavy atom. The van der Waals surface area contributed by atoms with Crippen molar-refractivity contribution in [2.24, 2.45) is 0 Å². The van der Waals surface area contributed by atoms with Crippen LogP contribution in [0.3, 0.4) is 0 Å². The molecule has 0 aliphatic carbocycles. The van der Waals surface area contributed by atoms with Gasteiger partial charge in [-0.1, -0.05) is 6.92 Å². The van der Waals surface area contributed by atoms with E-state index in [1.54, 1.807) is 31.3 Å². The summed E-state index contributed by atoms with van der Waals surface area (Å²) in [4.78, 5) is 16.8. The van der Waals surface area contributed by atoms with Gasteiger partial charge in [0.15, 0.2) is 0 Å². The highest BCUT2D eigenvalue weighted by molar-refractivity contribution is 7.08. The number of hydrogen-bond acceptors (Lipinski definition) is 4. The summed E-state index contributed by atoms with van der Waals surface area (Å²) in [6, 6.07) is 7.72. The van der Waals surface area contributed by atoms with Gasteiger partial charge < -0.3 is 5.32 Å². The number of nitriles is 1. The summed E-state index contributed by atoms with van der Waals surface area (Å²) >= 11 is 1.61. The van der Waals surface area contributed by atoms with E-state index in [1.807, 2.05) is 29.8 Å². The smallest absolute Gasteiger partial charge is 0.254 e. The molecule has 0 spiro atoms. The Hall–Kier alpha value is -2.19. The molecule has 1 N–H and O–H groups in total. The van der Waals surface area contributed by atoms with Gasteiger partial charge in [0, 0.05) is 10.9 Å². The predicted octanol–water partition coefficient (Wildman–Crippen LogP) is 3.54. The number of pyridine rings is 1. The molecule has 1 atom stereocenters. The van der Waals surface area contributed by atoms with Crippen molar-refractivity contribution in [3.8, 4) is 17.3 Å². The summed E-state index contributed by atoms with van der Waals surface area (Å²) in [6.07, 6.45) is 0.550. The van der Waals surface area contributed by atoms with Crippen molar-refractivity contribution < 1.29 is 4.79 Å². The van der Waals surface area contributed by atoms with Crippen LogP contribution < -0.4 is 5.32 Å². The zero-order valence-corrected chi connectivity index (χ0v) is 13.1. The van der Waals surface area contributed by atoms with Crippen molar-refractivity contribution in [2.45, 2.75) is 32.7 Å². The molecule has 0 radical (unpaired) electrons. The highest BCUT2D eigenvalue weighted by atomic mass is 32.1. The first-order valence-corrected chi connectivity index (χ1v) is 7.67. The van der Waals surface area contributed by atoms with Crippen LogP contribution in [-0.4, -0.2) is 16.4 Å². The van der Waals surface area contributed by atoms with Gasteiger partial charge in [0.2, 0.25) is 0 Å². The topological polar surface area (TPSA) is 65.8 Å². The Balaban J connectivity index is 2.26. The van der Waals surface area contributed by atoms with Gasteiger partial charge in [-0.3, -0.25) is 9.78 Å². The molecular formula is C16H17N3OS.